The van der Waals surface area contributed by atoms with E-state index in [0.717, 1.165) is 12.0 Å². The maximum atomic E-state index is 12.6. The first-order chi connectivity index (χ1) is 9.91. The number of nitrogens with zero attached hydrogens (tertiary/aromatic N) is 1. The second kappa shape index (κ2) is 7.03. The van der Waals surface area contributed by atoms with Crippen molar-refractivity contribution in [3.63, 3.8) is 0 Å². The Morgan fingerprint density at radius 3 is 2.67 bits per heavy atom. The van der Waals surface area contributed by atoms with E-state index in [2.05, 4.69) is 30.6 Å². The molecule has 6 heteroatoms. The Morgan fingerprint density at radius 2 is 2.14 bits per heavy atom. The summed E-state index contributed by atoms with van der Waals surface area (Å²) in [5, 5.41) is 7.68. The third-order valence-corrected chi connectivity index (χ3v) is 6.14. The van der Waals surface area contributed by atoms with Crippen LogP contribution in [0.4, 0.5) is 0 Å². The number of rotatable bonds is 6. The Morgan fingerprint density at radius 1 is 1.43 bits per heavy atom. The summed E-state index contributed by atoms with van der Waals surface area (Å²) in [5.41, 5.74) is 1.14. The van der Waals surface area contributed by atoms with Crippen LogP contribution in [0.3, 0.4) is 0 Å². The Bertz CT molecular complexity index is 502. The molecule has 21 heavy (non-hydrogen) atoms. The van der Waals surface area contributed by atoms with Crippen molar-refractivity contribution < 1.29 is 9.00 Å². The average Bonchev–Trinajstić information content (AvgIpc) is 3.03. The molecule has 2 heterocycles. The van der Waals surface area contributed by atoms with Crippen LogP contribution >= 0.6 is 11.3 Å². The number of hydrogen-bond acceptors (Lipinski definition) is 4. The summed E-state index contributed by atoms with van der Waals surface area (Å²) < 4.78 is 11.5. The Kier molecular flexibility index (Phi) is 5.57. The zero-order valence-corrected chi connectivity index (χ0v) is 14.7. The second-order valence-corrected chi connectivity index (χ2v) is 8.56. The molecule has 1 saturated heterocycles. The van der Waals surface area contributed by atoms with Crippen LogP contribution in [0.5, 0.6) is 0 Å². The van der Waals surface area contributed by atoms with Gasteiger partial charge in [-0.25, -0.2) is 0 Å². The molecule has 0 spiro atoms. The van der Waals surface area contributed by atoms with Gasteiger partial charge in [0.2, 0.25) is 5.91 Å². The van der Waals surface area contributed by atoms with Gasteiger partial charge in [0.1, 0.15) is 6.17 Å². The lowest BCUT2D eigenvalue weighted by Crippen LogP contribution is -2.35. The highest BCUT2D eigenvalue weighted by atomic mass is 32.2. The molecular formula is C15H24N2O2S2. The normalized spacial score (nSPS) is 25.6. The standard InChI is InChI=1S/C15H24N2O2S2/c1-10(2)13-15(18)17(7-5-11(3)21(4)19)14(16-13)12-6-8-20-9-12/h6,8-11,13-14,16H,5,7H2,1-4H3. The number of amides is 1. The smallest absolute Gasteiger partial charge is 0.241 e. The van der Waals surface area contributed by atoms with Crippen molar-refractivity contribution in [2.75, 3.05) is 12.8 Å². The summed E-state index contributed by atoms with van der Waals surface area (Å²) in [6, 6.07) is 1.93. The topological polar surface area (TPSA) is 49.4 Å². The molecule has 0 bridgehead atoms. The molecule has 4 nitrogen and oxygen atoms in total. The van der Waals surface area contributed by atoms with Crippen LogP contribution in [0.15, 0.2) is 16.8 Å². The molecule has 1 aliphatic heterocycles. The van der Waals surface area contributed by atoms with E-state index in [1.54, 1.807) is 17.6 Å². The molecule has 0 aromatic carbocycles. The molecule has 2 rings (SSSR count). The SMILES string of the molecule is CC(C)C1NC(c2ccsc2)N(CCC(C)S(C)=O)C1=O. The van der Waals surface area contributed by atoms with E-state index in [9.17, 15) is 9.00 Å². The third kappa shape index (κ3) is 3.73. The summed E-state index contributed by atoms with van der Waals surface area (Å²) >= 11 is 1.64. The van der Waals surface area contributed by atoms with Crippen LogP contribution in [0.2, 0.25) is 0 Å². The summed E-state index contributed by atoms with van der Waals surface area (Å²) in [4.78, 5) is 14.5. The maximum Gasteiger partial charge on any atom is 0.241 e. The minimum Gasteiger partial charge on any atom is -0.321 e. The van der Waals surface area contributed by atoms with Gasteiger partial charge in [-0.15, -0.1) is 0 Å². The fourth-order valence-electron chi connectivity index (χ4n) is 2.55. The lowest BCUT2D eigenvalue weighted by Gasteiger charge is -2.24. The van der Waals surface area contributed by atoms with Gasteiger partial charge in [0, 0.05) is 28.9 Å². The summed E-state index contributed by atoms with van der Waals surface area (Å²) in [7, 11) is -0.843. The predicted molar refractivity (Wildman–Crippen MR) is 88.7 cm³/mol. The van der Waals surface area contributed by atoms with Gasteiger partial charge in [-0.05, 0) is 34.7 Å². The average molecular weight is 329 g/mol. The van der Waals surface area contributed by atoms with Crippen molar-refractivity contribution in [2.45, 2.75) is 44.6 Å². The van der Waals surface area contributed by atoms with E-state index in [1.807, 2.05) is 17.2 Å². The summed E-state index contributed by atoms with van der Waals surface area (Å²) in [5.74, 6) is 0.427. The third-order valence-electron chi connectivity index (χ3n) is 4.07. The summed E-state index contributed by atoms with van der Waals surface area (Å²) in [6.07, 6.45) is 2.44. The van der Waals surface area contributed by atoms with Crippen molar-refractivity contribution in [1.82, 2.24) is 10.2 Å². The monoisotopic (exact) mass is 328 g/mol. The van der Waals surface area contributed by atoms with Crippen molar-refractivity contribution >= 4 is 28.0 Å². The van der Waals surface area contributed by atoms with Gasteiger partial charge in [-0.1, -0.05) is 20.8 Å². The van der Waals surface area contributed by atoms with Gasteiger partial charge in [0.15, 0.2) is 0 Å². The van der Waals surface area contributed by atoms with Crippen molar-refractivity contribution in [3.8, 4) is 0 Å². The first kappa shape index (κ1) is 16.6. The first-order valence-electron chi connectivity index (χ1n) is 7.32. The molecule has 4 unspecified atom stereocenters. The highest BCUT2D eigenvalue weighted by molar-refractivity contribution is 7.84. The van der Waals surface area contributed by atoms with Gasteiger partial charge in [-0.2, -0.15) is 11.3 Å². The molecule has 4 atom stereocenters. The van der Waals surface area contributed by atoms with Crippen LogP contribution in [0, 0.1) is 5.92 Å². The Labute approximate surface area is 133 Å². The van der Waals surface area contributed by atoms with Gasteiger partial charge < -0.3 is 4.90 Å². The first-order valence-corrected chi connectivity index (χ1v) is 9.89. The van der Waals surface area contributed by atoms with E-state index in [4.69, 9.17) is 0 Å². The van der Waals surface area contributed by atoms with Gasteiger partial charge in [0.05, 0.1) is 6.04 Å². The van der Waals surface area contributed by atoms with Crippen molar-refractivity contribution in [3.05, 3.63) is 22.4 Å². The van der Waals surface area contributed by atoms with E-state index in [0.29, 0.717) is 6.54 Å². The largest absolute Gasteiger partial charge is 0.321 e. The molecule has 1 aliphatic rings. The van der Waals surface area contributed by atoms with Gasteiger partial charge in [-0.3, -0.25) is 14.3 Å². The van der Waals surface area contributed by atoms with E-state index in [1.165, 1.54) is 0 Å². The molecule has 0 saturated carbocycles. The van der Waals surface area contributed by atoms with Crippen LogP contribution in [-0.2, 0) is 15.6 Å². The highest BCUT2D eigenvalue weighted by Gasteiger charge is 2.40. The fraction of sp³-hybridized carbons (Fsp3) is 0.667. The van der Waals surface area contributed by atoms with Crippen LogP contribution < -0.4 is 5.32 Å². The summed E-state index contributed by atoms with van der Waals surface area (Å²) in [6.45, 7) is 6.75. The number of thiophene rings is 1. The quantitative estimate of drug-likeness (QED) is 0.872. The van der Waals surface area contributed by atoms with Crippen LogP contribution in [0.25, 0.3) is 0 Å². The van der Waals surface area contributed by atoms with Crippen molar-refractivity contribution in [1.29, 1.82) is 0 Å². The fourth-order valence-corrected chi connectivity index (χ4v) is 3.66. The zero-order valence-electron chi connectivity index (χ0n) is 13.0. The number of nitrogens with one attached hydrogen (secondary N) is 1. The Hall–Kier alpha value is -0.720. The van der Waals surface area contributed by atoms with E-state index >= 15 is 0 Å². The maximum absolute atomic E-state index is 12.6. The van der Waals surface area contributed by atoms with Crippen LogP contribution in [0.1, 0.15) is 38.9 Å². The molecular weight excluding hydrogens is 304 g/mol. The van der Waals surface area contributed by atoms with E-state index < -0.39 is 10.8 Å². The number of hydrogen-bond donors (Lipinski definition) is 1. The molecule has 1 fully saturated rings. The lowest BCUT2D eigenvalue weighted by molar-refractivity contribution is -0.130. The minimum absolute atomic E-state index is 0.0476. The molecule has 0 aliphatic carbocycles. The molecule has 1 aromatic heterocycles. The highest BCUT2D eigenvalue weighted by Crippen LogP contribution is 2.29. The minimum atomic E-state index is -0.843. The molecule has 118 valence electrons. The van der Waals surface area contributed by atoms with E-state index in [-0.39, 0.29) is 29.3 Å². The number of carbonyl (C=O) groups excluding carboxylic acids is 1. The molecule has 1 amide bonds. The lowest BCUT2D eigenvalue weighted by atomic mass is 10.1. The Balaban J connectivity index is 2.13. The zero-order chi connectivity index (χ0) is 15.6. The van der Waals surface area contributed by atoms with Crippen molar-refractivity contribution in [2.24, 2.45) is 5.92 Å². The van der Waals surface area contributed by atoms with Gasteiger partial charge in [0.25, 0.3) is 0 Å². The molecule has 0 radical (unpaired) electrons. The number of carbonyl (C=O) groups is 1. The second-order valence-electron chi connectivity index (χ2n) is 5.98. The predicted octanol–water partition coefficient (Wildman–Crippen LogP) is 2.36. The molecule has 1 N–H and O–H groups in total. The van der Waals surface area contributed by atoms with Gasteiger partial charge >= 0.3 is 0 Å². The van der Waals surface area contributed by atoms with Crippen LogP contribution in [-0.4, -0.2) is 39.1 Å². The molecule has 1 aromatic rings.